The molecule has 7 nitrogen and oxygen atoms in total. The lowest BCUT2D eigenvalue weighted by atomic mass is 9.98. The number of rotatable bonds is 12. The van der Waals surface area contributed by atoms with Gasteiger partial charge in [-0.3, -0.25) is 4.79 Å². The molecule has 180 valence electrons. The molecule has 0 saturated heterocycles. The van der Waals surface area contributed by atoms with Gasteiger partial charge in [-0.2, -0.15) is 0 Å². The number of amides is 2. The predicted molar refractivity (Wildman–Crippen MR) is 130 cm³/mol. The molecule has 0 radical (unpaired) electrons. The molecule has 2 amide bonds. The monoisotopic (exact) mass is 464 g/mol. The van der Waals surface area contributed by atoms with E-state index in [-0.39, 0.29) is 30.8 Å². The number of carboxylic acids is 1. The molecule has 2 atom stereocenters. The lowest BCUT2D eigenvalue weighted by Gasteiger charge is -2.17. The fraction of sp³-hybridized carbons (Fsp3) is 0.370. The zero-order chi connectivity index (χ0) is 24.5. The molecule has 1 aliphatic carbocycles. The van der Waals surface area contributed by atoms with Crippen LogP contribution < -0.4 is 10.6 Å². The number of aliphatic carboxylic acids is 1. The van der Waals surface area contributed by atoms with E-state index in [2.05, 4.69) is 41.5 Å². The number of benzene rings is 2. The van der Waals surface area contributed by atoms with Crippen LogP contribution >= 0.6 is 0 Å². The Morgan fingerprint density at radius 1 is 1.06 bits per heavy atom. The molecule has 2 unspecified atom stereocenters. The smallest absolute Gasteiger partial charge is 0.407 e. The number of alkyl carbamates (subject to hydrolysis) is 1. The molecule has 1 aliphatic rings. The first-order chi connectivity index (χ1) is 16.4. The molecule has 2 aromatic rings. The average Bonchev–Trinajstić information content (AvgIpc) is 3.14. The van der Waals surface area contributed by atoms with Crippen molar-refractivity contribution in [3.63, 3.8) is 0 Å². The van der Waals surface area contributed by atoms with Crippen molar-refractivity contribution in [1.82, 2.24) is 10.6 Å². The third-order valence-corrected chi connectivity index (χ3v) is 6.08. The second kappa shape index (κ2) is 12.0. The van der Waals surface area contributed by atoms with Crippen LogP contribution in [0.15, 0.2) is 61.2 Å². The summed E-state index contributed by atoms with van der Waals surface area (Å²) in [6.07, 6.45) is 2.71. The highest BCUT2D eigenvalue weighted by atomic mass is 16.5. The fourth-order valence-electron chi connectivity index (χ4n) is 4.28. The lowest BCUT2D eigenvalue weighted by Crippen LogP contribution is -2.41. The average molecular weight is 465 g/mol. The van der Waals surface area contributed by atoms with Gasteiger partial charge in [0.2, 0.25) is 5.91 Å². The third-order valence-electron chi connectivity index (χ3n) is 6.08. The van der Waals surface area contributed by atoms with Gasteiger partial charge in [-0.15, -0.1) is 6.58 Å². The maximum Gasteiger partial charge on any atom is 0.407 e. The summed E-state index contributed by atoms with van der Waals surface area (Å²) in [4.78, 5) is 35.7. The second-order valence-corrected chi connectivity index (χ2v) is 8.67. The quantitative estimate of drug-likeness (QED) is 0.402. The van der Waals surface area contributed by atoms with Crippen molar-refractivity contribution in [2.24, 2.45) is 5.92 Å². The first-order valence-corrected chi connectivity index (χ1v) is 11.6. The van der Waals surface area contributed by atoms with Gasteiger partial charge in [0.05, 0.1) is 0 Å². The van der Waals surface area contributed by atoms with Crippen molar-refractivity contribution < 1.29 is 24.2 Å². The number of hydrogen-bond acceptors (Lipinski definition) is 4. The topological polar surface area (TPSA) is 105 Å². The van der Waals surface area contributed by atoms with Crippen LogP contribution in [0.1, 0.15) is 49.7 Å². The standard InChI is InChI=1S/C27H32N2O5/c1-3-4-13-24(26(31)32)29-25(30)16-18(2)14-15-28-27(33)34-17-23-21-11-7-5-9-19(21)20-10-6-8-12-22(20)23/h3,5-12,18,23-24H,1,4,13-17H2,2H3,(H,28,33)(H,29,30)(H,31,32). The normalized spacial score (nSPS) is 13.8. The number of carbonyl (C=O) groups excluding carboxylic acids is 2. The van der Waals surface area contributed by atoms with Crippen molar-refractivity contribution in [2.75, 3.05) is 13.2 Å². The van der Waals surface area contributed by atoms with Gasteiger partial charge < -0.3 is 20.5 Å². The van der Waals surface area contributed by atoms with Crippen LogP contribution in [-0.4, -0.2) is 42.3 Å². The lowest BCUT2D eigenvalue weighted by molar-refractivity contribution is -0.142. The molecular weight excluding hydrogens is 432 g/mol. The molecule has 2 aromatic carbocycles. The van der Waals surface area contributed by atoms with E-state index in [4.69, 9.17) is 4.74 Å². The summed E-state index contributed by atoms with van der Waals surface area (Å²) in [5, 5.41) is 14.5. The maximum atomic E-state index is 12.3. The van der Waals surface area contributed by atoms with Crippen molar-refractivity contribution in [3.05, 3.63) is 72.3 Å². The van der Waals surface area contributed by atoms with Crippen molar-refractivity contribution >= 4 is 18.0 Å². The Hall–Kier alpha value is -3.61. The number of ether oxygens (including phenoxy) is 1. The summed E-state index contributed by atoms with van der Waals surface area (Å²) < 4.78 is 5.52. The summed E-state index contributed by atoms with van der Waals surface area (Å²) in [6.45, 7) is 6.07. The van der Waals surface area contributed by atoms with E-state index >= 15 is 0 Å². The van der Waals surface area contributed by atoms with Crippen molar-refractivity contribution in [1.29, 1.82) is 0 Å². The summed E-state index contributed by atoms with van der Waals surface area (Å²) >= 11 is 0. The van der Waals surface area contributed by atoms with Gasteiger partial charge in [-0.1, -0.05) is 61.5 Å². The van der Waals surface area contributed by atoms with Gasteiger partial charge in [0.25, 0.3) is 0 Å². The van der Waals surface area contributed by atoms with E-state index in [1.54, 1.807) is 6.08 Å². The predicted octanol–water partition coefficient (Wildman–Crippen LogP) is 4.48. The first-order valence-electron chi connectivity index (χ1n) is 11.6. The molecule has 3 N–H and O–H groups in total. The zero-order valence-electron chi connectivity index (χ0n) is 19.5. The van der Waals surface area contributed by atoms with Crippen LogP contribution in [0.4, 0.5) is 4.79 Å². The zero-order valence-corrected chi connectivity index (χ0v) is 19.5. The Bertz CT molecular complexity index is 990. The van der Waals surface area contributed by atoms with Gasteiger partial charge in [-0.05, 0) is 47.4 Å². The largest absolute Gasteiger partial charge is 0.480 e. The highest BCUT2D eigenvalue weighted by molar-refractivity contribution is 5.83. The molecule has 0 bridgehead atoms. The molecule has 0 saturated carbocycles. The first kappa shape index (κ1) is 25.0. The van der Waals surface area contributed by atoms with Gasteiger partial charge in [0, 0.05) is 18.9 Å². The minimum absolute atomic E-state index is 0.00374. The highest BCUT2D eigenvalue weighted by Crippen LogP contribution is 2.44. The number of fused-ring (bicyclic) bond motifs is 3. The van der Waals surface area contributed by atoms with E-state index in [1.807, 2.05) is 31.2 Å². The Morgan fingerprint density at radius 2 is 1.68 bits per heavy atom. The van der Waals surface area contributed by atoms with Crippen LogP contribution in [0.3, 0.4) is 0 Å². The molecule has 0 fully saturated rings. The molecule has 34 heavy (non-hydrogen) atoms. The number of carbonyl (C=O) groups is 3. The molecule has 0 aliphatic heterocycles. The summed E-state index contributed by atoms with van der Waals surface area (Å²) in [5.41, 5.74) is 4.66. The molecular formula is C27H32N2O5. The van der Waals surface area contributed by atoms with Crippen LogP contribution in [0.5, 0.6) is 0 Å². The highest BCUT2D eigenvalue weighted by Gasteiger charge is 2.29. The SMILES string of the molecule is C=CCCC(NC(=O)CC(C)CCNC(=O)OCC1c2ccccc2-c2ccccc21)C(=O)O. The van der Waals surface area contributed by atoms with Crippen LogP contribution in [0.2, 0.25) is 0 Å². The Kier molecular flexibility index (Phi) is 8.85. The van der Waals surface area contributed by atoms with Gasteiger partial charge in [0.15, 0.2) is 0 Å². The van der Waals surface area contributed by atoms with Gasteiger partial charge >= 0.3 is 12.1 Å². The summed E-state index contributed by atoms with van der Waals surface area (Å²) in [7, 11) is 0. The van der Waals surface area contributed by atoms with E-state index < -0.39 is 18.1 Å². The van der Waals surface area contributed by atoms with Gasteiger partial charge in [0.1, 0.15) is 12.6 Å². The van der Waals surface area contributed by atoms with E-state index in [9.17, 15) is 19.5 Å². The van der Waals surface area contributed by atoms with E-state index in [0.29, 0.717) is 25.8 Å². The molecule has 0 heterocycles. The van der Waals surface area contributed by atoms with Crippen molar-refractivity contribution in [3.8, 4) is 11.1 Å². The van der Waals surface area contributed by atoms with Crippen LogP contribution in [0.25, 0.3) is 11.1 Å². The van der Waals surface area contributed by atoms with E-state index in [1.165, 1.54) is 11.1 Å². The second-order valence-electron chi connectivity index (χ2n) is 8.67. The molecule has 3 rings (SSSR count). The molecule has 7 heteroatoms. The van der Waals surface area contributed by atoms with Crippen LogP contribution in [0, 0.1) is 5.92 Å². The Morgan fingerprint density at radius 3 is 2.26 bits per heavy atom. The minimum atomic E-state index is -1.06. The third kappa shape index (κ3) is 6.47. The Balaban J connectivity index is 1.41. The van der Waals surface area contributed by atoms with E-state index in [0.717, 1.165) is 11.1 Å². The van der Waals surface area contributed by atoms with Crippen LogP contribution in [-0.2, 0) is 14.3 Å². The van der Waals surface area contributed by atoms with Gasteiger partial charge in [-0.25, -0.2) is 9.59 Å². The number of hydrogen-bond donors (Lipinski definition) is 3. The molecule has 0 aromatic heterocycles. The minimum Gasteiger partial charge on any atom is -0.480 e. The summed E-state index contributed by atoms with van der Waals surface area (Å²) in [5.74, 6) is -1.39. The fourth-order valence-corrected chi connectivity index (χ4v) is 4.28. The maximum absolute atomic E-state index is 12.3. The number of nitrogens with one attached hydrogen (secondary N) is 2. The van der Waals surface area contributed by atoms with Crippen molar-refractivity contribution in [2.45, 2.75) is 44.6 Å². The summed E-state index contributed by atoms with van der Waals surface area (Å²) in [6, 6.07) is 15.4. The number of carboxylic acid groups (broad SMARTS) is 1. The Labute approximate surface area is 200 Å². The molecule has 0 spiro atoms. The number of allylic oxidation sites excluding steroid dienone is 1.